The van der Waals surface area contributed by atoms with E-state index < -0.39 is 0 Å². The Labute approximate surface area is 119 Å². The molecule has 0 atom stereocenters. The minimum atomic E-state index is 0.645. The molecule has 0 radical (unpaired) electrons. The van der Waals surface area contributed by atoms with Crippen molar-refractivity contribution >= 4 is 17.1 Å². The normalized spacial score (nSPS) is 10.8. The van der Waals surface area contributed by atoms with Crippen LogP contribution < -0.4 is 9.64 Å². The number of nitrogens with zero attached hydrogens (tertiary/aromatic N) is 3. The van der Waals surface area contributed by atoms with Gasteiger partial charge in [-0.3, -0.25) is 0 Å². The maximum absolute atomic E-state index is 5.43. The molecule has 4 nitrogen and oxygen atoms in total. The second-order valence-electron chi connectivity index (χ2n) is 4.54. The number of benzene rings is 2. The van der Waals surface area contributed by atoms with E-state index >= 15 is 0 Å². The van der Waals surface area contributed by atoms with E-state index in [9.17, 15) is 0 Å². The molecule has 0 bridgehead atoms. The summed E-state index contributed by atoms with van der Waals surface area (Å²) >= 11 is 0. The van der Waals surface area contributed by atoms with Crippen molar-refractivity contribution in [2.24, 2.45) is 10.2 Å². The molecule has 0 fully saturated rings. The molecule has 4 heteroatoms. The SMILES string of the molecule is CCOc1cccc(N=Nc2ccc(N(C)C)cc2)c1. The van der Waals surface area contributed by atoms with Gasteiger partial charge >= 0.3 is 0 Å². The van der Waals surface area contributed by atoms with Gasteiger partial charge in [0.2, 0.25) is 0 Å². The van der Waals surface area contributed by atoms with Crippen molar-refractivity contribution in [3.8, 4) is 5.75 Å². The van der Waals surface area contributed by atoms with E-state index in [4.69, 9.17) is 4.74 Å². The van der Waals surface area contributed by atoms with Crippen molar-refractivity contribution in [3.63, 3.8) is 0 Å². The molecule has 20 heavy (non-hydrogen) atoms. The molecule has 0 N–H and O–H groups in total. The molecule has 0 amide bonds. The predicted molar refractivity (Wildman–Crippen MR) is 82.6 cm³/mol. The lowest BCUT2D eigenvalue weighted by Crippen LogP contribution is -2.07. The maximum Gasteiger partial charge on any atom is 0.121 e. The number of ether oxygens (including phenoxy) is 1. The fourth-order valence-electron chi connectivity index (χ4n) is 1.74. The summed E-state index contributed by atoms with van der Waals surface area (Å²) in [6, 6.07) is 15.5. The molecular formula is C16H19N3O. The first kappa shape index (κ1) is 14.1. The van der Waals surface area contributed by atoms with Gasteiger partial charge in [-0.25, -0.2) is 0 Å². The second kappa shape index (κ2) is 6.70. The van der Waals surface area contributed by atoms with Crippen LogP contribution in [0.25, 0.3) is 0 Å². The van der Waals surface area contributed by atoms with Crippen molar-refractivity contribution < 1.29 is 4.74 Å². The minimum absolute atomic E-state index is 0.645. The molecule has 2 aromatic carbocycles. The summed E-state index contributed by atoms with van der Waals surface area (Å²) in [5, 5.41) is 8.45. The van der Waals surface area contributed by atoms with Crippen LogP contribution in [0, 0.1) is 0 Å². The van der Waals surface area contributed by atoms with Crippen LogP contribution in [0.4, 0.5) is 17.1 Å². The molecular weight excluding hydrogens is 250 g/mol. The maximum atomic E-state index is 5.43. The fraction of sp³-hybridized carbons (Fsp3) is 0.250. The molecule has 2 aromatic rings. The molecule has 2 rings (SSSR count). The van der Waals surface area contributed by atoms with Crippen molar-refractivity contribution in [2.45, 2.75) is 6.92 Å². The summed E-state index contributed by atoms with van der Waals surface area (Å²) in [5.74, 6) is 0.812. The highest BCUT2D eigenvalue weighted by atomic mass is 16.5. The average Bonchev–Trinajstić information content (AvgIpc) is 2.46. The van der Waals surface area contributed by atoms with Gasteiger partial charge < -0.3 is 9.64 Å². The van der Waals surface area contributed by atoms with Crippen LogP contribution in [0.3, 0.4) is 0 Å². The van der Waals surface area contributed by atoms with E-state index in [0.717, 1.165) is 22.8 Å². The third-order valence-corrected chi connectivity index (χ3v) is 2.78. The van der Waals surface area contributed by atoms with Crippen molar-refractivity contribution in [1.82, 2.24) is 0 Å². The lowest BCUT2D eigenvalue weighted by molar-refractivity contribution is 0.340. The minimum Gasteiger partial charge on any atom is -0.494 e. The summed E-state index contributed by atoms with van der Waals surface area (Å²) in [7, 11) is 4.02. The zero-order valence-electron chi connectivity index (χ0n) is 12.1. The van der Waals surface area contributed by atoms with Crippen LogP contribution in [0.1, 0.15) is 6.92 Å². The third-order valence-electron chi connectivity index (χ3n) is 2.78. The Morgan fingerprint density at radius 1 is 0.950 bits per heavy atom. The fourth-order valence-corrected chi connectivity index (χ4v) is 1.74. The predicted octanol–water partition coefficient (Wildman–Crippen LogP) is 4.57. The Morgan fingerprint density at radius 3 is 2.30 bits per heavy atom. The van der Waals surface area contributed by atoms with Crippen molar-refractivity contribution in [3.05, 3.63) is 48.5 Å². The first-order valence-electron chi connectivity index (χ1n) is 6.61. The van der Waals surface area contributed by atoms with Crippen LogP contribution in [-0.2, 0) is 0 Å². The van der Waals surface area contributed by atoms with E-state index in [2.05, 4.69) is 10.2 Å². The molecule has 0 aliphatic rings. The van der Waals surface area contributed by atoms with Crippen LogP contribution in [-0.4, -0.2) is 20.7 Å². The van der Waals surface area contributed by atoms with Gasteiger partial charge in [0.05, 0.1) is 18.0 Å². The lowest BCUT2D eigenvalue weighted by atomic mass is 10.3. The number of hydrogen-bond acceptors (Lipinski definition) is 4. The molecule has 0 aliphatic heterocycles. The summed E-state index contributed by atoms with van der Waals surface area (Å²) in [4.78, 5) is 2.05. The van der Waals surface area contributed by atoms with E-state index in [-0.39, 0.29) is 0 Å². The molecule has 0 spiro atoms. The Balaban J connectivity index is 2.10. The van der Waals surface area contributed by atoms with Gasteiger partial charge in [-0.2, -0.15) is 10.2 Å². The highest BCUT2D eigenvalue weighted by molar-refractivity contribution is 5.52. The summed E-state index contributed by atoms with van der Waals surface area (Å²) in [6.45, 7) is 2.60. The van der Waals surface area contributed by atoms with Gasteiger partial charge in [0, 0.05) is 25.8 Å². The van der Waals surface area contributed by atoms with Gasteiger partial charge in [0.1, 0.15) is 5.75 Å². The van der Waals surface area contributed by atoms with Gasteiger partial charge in [-0.05, 0) is 43.3 Å². The van der Waals surface area contributed by atoms with Gasteiger partial charge in [-0.1, -0.05) is 6.07 Å². The summed E-state index contributed by atoms with van der Waals surface area (Å²) < 4.78 is 5.43. The monoisotopic (exact) mass is 269 g/mol. The van der Waals surface area contributed by atoms with Crippen LogP contribution in [0.2, 0.25) is 0 Å². The largest absolute Gasteiger partial charge is 0.494 e. The smallest absolute Gasteiger partial charge is 0.121 e. The summed E-state index contributed by atoms with van der Waals surface area (Å²) in [6.07, 6.45) is 0. The molecule has 0 saturated carbocycles. The molecule has 0 aliphatic carbocycles. The second-order valence-corrected chi connectivity index (χ2v) is 4.54. The first-order valence-corrected chi connectivity index (χ1v) is 6.61. The number of hydrogen-bond donors (Lipinski definition) is 0. The molecule has 0 heterocycles. The van der Waals surface area contributed by atoms with E-state index in [1.807, 2.05) is 74.4 Å². The van der Waals surface area contributed by atoms with Crippen molar-refractivity contribution in [1.29, 1.82) is 0 Å². The van der Waals surface area contributed by atoms with Crippen LogP contribution >= 0.6 is 0 Å². The van der Waals surface area contributed by atoms with E-state index in [0.29, 0.717) is 6.61 Å². The highest BCUT2D eigenvalue weighted by Crippen LogP contribution is 2.23. The van der Waals surface area contributed by atoms with E-state index in [1.165, 1.54) is 0 Å². The average molecular weight is 269 g/mol. The van der Waals surface area contributed by atoms with Crippen molar-refractivity contribution in [2.75, 3.05) is 25.6 Å². The first-order chi connectivity index (χ1) is 9.69. The van der Waals surface area contributed by atoms with Crippen LogP contribution in [0.5, 0.6) is 5.75 Å². The zero-order chi connectivity index (χ0) is 14.4. The molecule has 0 saturated heterocycles. The third kappa shape index (κ3) is 3.82. The van der Waals surface area contributed by atoms with E-state index in [1.54, 1.807) is 0 Å². The topological polar surface area (TPSA) is 37.2 Å². The van der Waals surface area contributed by atoms with Gasteiger partial charge in [-0.15, -0.1) is 0 Å². The Kier molecular flexibility index (Phi) is 4.71. The molecule has 104 valence electrons. The lowest BCUT2D eigenvalue weighted by Gasteiger charge is -2.11. The van der Waals surface area contributed by atoms with Gasteiger partial charge in [0.25, 0.3) is 0 Å². The number of anilines is 1. The highest BCUT2D eigenvalue weighted by Gasteiger charge is 1.96. The Hall–Kier alpha value is -2.36. The zero-order valence-corrected chi connectivity index (χ0v) is 12.1. The Morgan fingerprint density at radius 2 is 1.65 bits per heavy atom. The van der Waals surface area contributed by atoms with Crippen LogP contribution in [0.15, 0.2) is 58.8 Å². The quantitative estimate of drug-likeness (QED) is 0.746. The standard InChI is InChI=1S/C16H19N3O/c1-4-20-16-7-5-6-14(12-16)18-17-13-8-10-15(11-9-13)19(2)3/h5-12H,4H2,1-3H3. The number of azo groups is 1. The Bertz CT molecular complexity index is 577. The van der Waals surface area contributed by atoms with Gasteiger partial charge in [0.15, 0.2) is 0 Å². The summed E-state index contributed by atoms with van der Waals surface area (Å²) in [5.41, 5.74) is 2.76. The molecule has 0 unspecified atom stereocenters. The number of rotatable bonds is 5. The molecule has 0 aromatic heterocycles.